The van der Waals surface area contributed by atoms with E-state index in [2.05, 4.69) is 0 Å². The molecular weight excluding hydrogens is 294 g/mol. The van der Waals surface area contributed by atoms with Crippen LogP contribution in [-0.2, 0) is 26.2 Å². The molecule has 1 N–H and O–H groups in total. The maximum absolute atomic E-state index is 12.6. The molecule has 7 heteroatoms. The quantitative estimate of drug-likeness (QED) is 0.886. The van der Waals surface area contributed by atoms with Crippen LogP contribution in [0.15, 0.2) is 29.2 Å². The molecule has 1 atom stereocenters. The zero-order valence-electron chi connectivity index (χ0n) is 11.9. The molecule has 6 nitrogen and oxygen atoms in total. The molecule has 116 valence electrons. The number of piperidine rings is 1. The maximum atomic E-state index is 12.6. The number of sulfonamides is 1. The van der Waals surface area contributed by atoms with E-state index in [1.165, 1.54) is 10.4 Å². The molecule has 1 aromatic carbocycles. The van der Waals surface area contributed by atoms with Gasteiger partial charge in [-0.3, -0.25) is 4.79 Å². The van der Waals surface area contributed by atoms with Crippen molar-refractivity contribution < 1.29 is 23.1 Å². The van der Waals surface area contributed by atoms with Gasteiger partial charge in [-0.1, -0.05) is 12.1 Å². The number of hydrogen-bond acceptors (Lipinski definition) is 4. The lowest BCUT2D eigenvalue weighted by Gasteiger charge is -2.29. The minimum absolute atomic E-state index is 0.0339. The largest absolute Gasteiger partial charge is 0.481 e. The van der Waals surface area contributed by atoms with Crippen molar-refractivity contribution in [1.29, 1.82) is 0 Å². The summed E-state index contributed by atoms with van der Waals surface area (Å²) in [6.45, 7) is 0.730. The summed E-state index contributed by atoms with van der Waals surface area (Å²) in [7, 11) is -2.11. The topological polar surface area (TPSA) is 83.9 Å². The highest BCUT2D eigenvalue weighted by Crippen LogP contribution is 2.24. The number of rotatable bonds is 5. The minimum atomic E-state index is -3.65. The summed E-state index contributed by atoms with van der Waals surface area (Å²) >= 11 is 0. The zero-order chi connectivity index (χ0) is 15.5. The molecule has 0 amide bonds. The van der Waals surface area contributed by atoms with Gasteiger partial charge in [-0.15, -0.1) is 0 Å². The second-order valence-electron chi connectivity index (χ2n) is 5.12. The summed E-state index contributed by atoms with van der Waals surface area (Å²) in [6.07, 6.45) is 1.08. The highest BCUT2D eigenvalue weighted by atomic mass is 32.2. The van der Waals surface area contributed by atoms with Crippen molar-refractivity contribution in [2.24, 2.45) is 5.92 Å². The number of carboxylic acids is 1. The van der Waals surface area contributed by atoms with Crippen LogP contribution in [0.25, 0.3) is 0 Å². The lowest BCUT2D eigenvalue weighted by atomic mass is 10.0. The Bertz CT molecular complexity index is 614. The molecule has 21 heavy (non-hydrogen) atoms. The normalized spacial score (nSPS) is 20.3. The van der Waals surface area contributed by atoms with Gasteiger partial charge in [-0.05, 0) is 30.5 Å². The average Bonchev–Trinajstić information content (AvgIpc) is 2.48. The molecule has 0 radical (unpaired) electrons. The van der Waals surface area contributed by atoms with Crippen molar-refractivity contribution in [3.8, 4) is 0 Å². The van der Waals surface area contributed by atoms with Gasteiger partial charge in [0.2, 0.25) is 10.0 Å². The first-order valence-corrected chi connectivity index (χ1v) is 8.20. The SMILES string of the molecule is COCc1cccc(S(=O)(=O)N2CCCC(C(=O)O)C2)c1. The third-order valence-electron chi connectivity index (χ3n) is 3.58. The van der Waals surface area contributed by atoms with E-state index in [4.69, 9.17) is 9.84 Å². The summed E-state index contributed by atoms with van der Waals surface area (Å²) in [6, 6.07) is 6.56. The summed E-state index contributed by atoms with van der Waals surface area (Å²) in [5.41, 5.74) is 0.769. The standard InChI is InChI=1S/C14H19NO5S/c1-20-10-11-4-2-6-13(8-11)21(18,19)15-7-3-5-12(9-15)14(16)17/h2,4,6,8,12H,3,5,7,9-10H2,1H3,(H,16,17). The number of methoxy groups -OCH3 is 1. The Hall–Kier alpha value is -1.44. The lowest BCUT2D eigenvalue weighted by Crippen LogP contribution is -2.42. The van der Waals surface area contributed by atoms with Gasteiger partial charge in [0.15, 0.2) is 0 Å². The van der Waals surface area contributed by atoms with E-state index in [-0.39, 0.29) is 11.4 Å². The Labute approximate surface area is 124 Å². The Morgan fingerprint density at radius 3 is 2.90 bits per heavy atom. The van der Waals surface area contributed by atoms with E-state index in [0.29, 0.717) is 26.0 Å². The van der Waals surface area contributed by atoms with Crippen LogP contribution in [0.4, 0.5) is 0 Å². The molecule has 1 saturated heterocycles. The molecule has 1 aliphatic rings. The van der Waals surface area contributed by atoms with Crippen LogP contribution in [0.1, 0.15) is 18.4 Å². The molecule has 1 aromatic rings. The van der Waals surface area contributed by atoms with Gasteiger partial charge < -0.3 is 9.84 Å². The summed E-state index contributed by atoms with van der Waals surface area (Å²) < 4.78 is 31.5. The van der Waals surface area contributed by atoms with Crippen LogP contribution in [0.2, 0.25) is 0 Å². The molecule has 0 aromatic heterocycles. The van der Waals surface area contributed by atoms with E-state index in [1.54, 1.807) is 25.3 Å². The van der Waals surface area contributed by atoms with Crippen LogP contribution in [-0.4, -0.2) is 44.0 Å². The third-order valence-corrected chi connectivity index (χ3v) is 5.44. The summed E-state index contributed by atoms with van der Waals surface area (Å²) in [5, 5.41) is 9.07. The second-order valence-corrected chi connectivity index (χ2v) is 7.06. The Morgan fingerprint density at radius 1 is 1.48 bits per heavy atom. The fourth-order valence-electron chi connectivity index (χ4n) is 2.47. The van der Waals surface area contributed by atoms with Gasteiger partial charge in [0, 0.05) is 20.2 Å². The molecule has 1 fully saturated rings. The number of aliphatic carboxylic acids is 1. The van der Waals surface area contributed by atoms with Crippen LogP contribution in [0.3, 0.4) is 0 Å². The van der Waals surface area contributed by atoms with Gasteiger partial charge in [-0.2, -0.15) is 4.31 Å². The van der Waals surface area contributed by atoms with Crippen LogP contribution < -0.4 is 0 Å². The number of carbonyl (C=O) groups is 1. The zero-order valence-corrected chi connectivity index (χ0v) is 12.7. The molecule has 2 rings (SSSR count). The number of hydrogen-bond donors (Lipinski definition) is 1. The smallest absolute Gasteiger partial charge is 0.307 e. The number of carboxylic acid groups (broad SMARTS) is 1. The van der Waals surface area contributed by atoms with Crippen molar-refractivity contribution in [3.05, 3.63) is 29.8 Å². The minimum Gasteiger partial charge on any atom is -0.481 e. The molecule has 1 unspecified atom stereocenters. The van der Waals surface area contributed by atoms with E-state index in [1.807, 2.05) is 0 Å². The first kappa shape index (κ1) is 15.9. The predicted octanol–water partition coefficient (Wildman–Crippen LogP) is 1.32. The van der Waals surface area contributed by atoms with E-state index in [9.17, 15) is 13.2 Å². The van der Waals surface area contributed by atoms with Gasteiger partial charge >= 0.3 is 5.97 Å². The highest BCUT2D eigenvalue weighted by Gasteiger charge is 2.33. The lowest BCUT2D eigenvalue weighted by molar-refractivity contribution is -0.142. The van der Waals surface area contributed by atoms with Gasteiger partial charge in [0.1, 0.15) is 0 Å². The summed E-state index contributed by atoms with van der Waals surface area (Å²) in [4.78, 5) is 11.2. The van der Waals surface area contributed by atoms with Crippen molar-refractivity contribution in [1.82, 2.24) is 4.31 Å². The van der Waals surface area contributed by atoms with Crippen LogP contribution in [0.5, 0.6) is 0 Å². The van der Waals surface area contributed by atoms with E-state index in [0.717, 1.165) is 5.56 Å². The van der Waals surface area contributed by atoms with E-state index >= 15 is 0 Å². The Balaban J connectivity index is 2.24. The molecule has 0 spiro atoms. The van der Waals surface area contributed by atoms with Gasteiger partial charge in [-0.25, -0.2) is 8.42 Å². The van der Waals surface area contributed by atoms with E-state index < -0.39 is 21.9 Å². The molecule has 0 bridgehead atoms. The molecule has 1 aliphatic heterocycles. The molecular formula is C14H19NO5S. The fraction of sp³-hybridized carbons (Fsp3) is 0.500. The molecule has 0 saturated carbocycles. The third kappa shape index (κ3) is 3.61. The average molecular weight is 313 g/mol. The van der Waals surface area contributed by atoms with Gasteiger partial charge in [0.25, 0.3) is 0 Å². The van der Waals surface area contributed by atoms with Gasteiger partial charge in [0.05, 0.1) is 17.4 Å². The summed E-state index contributed by atoms with van der Waals surface area (Å²) in [5.74, 6) is -1.57. The predicted molar refractivity (Wildman–Crippen MR) is 76.3 cm³/mol. The first-order chi connectivity index (χ1) is 9.95. The van der Waals surface area contributed by atoms with Crippen molar-refractivity contribution in [2.75, 3.05) is 20.2 Å². The Kier molecular flexibility index (Phi) is 4.97. The first-order valence-electron chi connectivity index (χ1n) is 6.76. The van der Waals surface area contributed by atoms with Crippen molar-refractivity contribution in [2.45, 2.75) is 24.3 Å². The maximum Gasteiger partial charge on any atom is 0.307 e. The number of ether oxygens (including phenoxy) is 1. The fourth-order valence-corrected chi connectivity index (χ4v) is 4.07. The number of nitrogens with zero attached hydrogens (tertiary/aromatic N) is 1. The van der Waals surface area contributed by atoms with Crippen LogP contribution in [0, 0.1) is 5.92 Å². The van der Waals surface area contributed by atoms with Crippen molar-refractivity contribution >= 4 is 16.0 Å². The monoisotopic (exact) mass is 313 g/mol. The molecule has 1 heterocycles. The van der Waals surface area contributed by atoms with Crippen LogP contribution >= 0.6 is 0 Å². The number of benzene rings is 1. The van der Waals surface area contributed by atoms with Crippen molar-refractivity contribution in [3.63, 3.8) is 0 Å². The highest BCUT2D eigenvalue weighted by molar-refractivity contribution is 7.89. The molecule has 0 aliphatic carbocycles. The Morgan fingerprint density at radius 2 is 2.24 bits per heavy atom. The second kappa shape index (κ2) is 6.55.